The Morgan fingerprint density at radius 2 is 2.09 bits per heavy atom. The Morgan fingerprint density at radius 1 is 1.35 bits per heavy atom. The number of piperidine rings is 1. The molecule has 0 N–H and O–H groups in total. The standard InChI is InChI=1S/C18H25N3OS/c1-18(2,3)16(22)20(4)13-8-7-11-21(12-13)17-19-14-9-5-6-10-15(14)23-17/h5-6,9-10,13H,7-8,11-12H2,1-4H3. The number of anilines is 1. The molecule has 3 rings (SSSR count). The minimum atomic E-state index is -0.326. The topological polar surface area (TPSA) is 36.4 Å². The summed E-state index contributed by atoms with van der Waals surface area (Å²) in [7, 11) is 1.94. The molecule has 0 saturated carbocycles. The van der Waals surface area contributed by atoms with E-state index < -0.39 is 0 Å². The summed E-state index contributed by atoms with van der Waals surface area (Å²) >= 11 is 1.74. The first-order chi connectivity index (χ1) is 10.9. The van der Waals surface area contributed by atoms with Gasteiger partial charge in [-0.3, -0.25) is 4.79 Å². The van der Waals surface area contributed by atoms with E-state index in [1.807, 2.05) is 38.8 Å². The van der Waals surface area contributed by atoms with Gasteiger partial charge in [-0.15, -0.1) is 0 Å². The highest BCUT2D eigenvalue weighted by atomic mass is 32.1. The van der Waals surface area contributed by atoms with Crippen LogP contribution in [0.2, 0.25) is 0 Å². The van der Waals surface area contributed by atoms with Gasteiger partial charge in [-0.25, -0.2) is 4.98 Å². The molecular formula is C18H25N3OS. The number of carbonyl (C=O) groups is 1. The van der Waals surface area contributed by atoms with Crippen LogP contribution in [0.25, 0.3) is 10.2 Å². The van der Waals surface area contributed by atoms with Crippen molar-refractivity contribution in [2.45, 2.75) is 39.7 Å². The maximum atomic E-state index is 12.5. The van der Waals surface area contributed by atoms with Crippen molar-refractivity contribution in [1.29, 1.82) is 0 Å². The number of carbonyl (C=O) groups excluding carboxylic acids is 1. The van der Waals surface area contributed by atoms with Gasteiger partial charge in [0.1, 0.15) is 0 Å². The summed E-state index contributed by atoms with van der Waals surface area (Å²) in [6.07, 6.45) is 2.17. The molecule has 2 aromatic rings. The van der Waals surface area contributed by atoms with E-state index >= 15 is 0 Å². The zero-order valence-electron chi connectivity index (χ0n) is 14.4. The van der Waals surface area contributed by atoms with Crippen LogP contribution in [0.3, 0.4) is 0 Å². The molecule has 0 aliphatic carbocycles. The highest BCUT2D eigenvalue weighted by Gasteiger charge is 2.32. The maximum absolute atomic E-state index is 12.5. The first-order valence-corrected chi connectivity index (χ1v) is 9.06. The van der Waals surface area contributed by atoms with Gasteiger partial charge < -0.3 is 9.80 Å². The van der Waals surface area contributed by atoms with E-state index in [1.54, 1.807) is 11.3 Å². The third kappa shape index (κ3) is 3.34. The Morgan fingerprint density at radius 3 is 2.78 bits per heavy atom. The summed E-state index contributed by atoms with van der Waals surface area (Å²) in [5.74, 6) is 0.216. The molecule has 1 aromatic carbocycles. The fourth-order valence-electron chi connectivity index (χ4n) is 3.13. The molecule has 0 bridgehead atoms. The summed E-state index contributed by atoms with van der Waals surface area (Å²) in [6, 6.07) is 8.53. The molecule has 1 saturated heterocycles. The van der Waals surface area contributed by atoms with Crippen LogP contribution in [0.15, 0.2) is 24.3 Å². The van der Waals surface area contributed by atoms with E-state index in [2.05, 4.69) is 23.1 Å². The molecule has 1 atom stereocenters. The second-order valence-corrected chi connectivity index (χ2v) is 8.38. The lowest BCUT2D eigenvalue weighted by Gasteiger charge is -2.39. The number of thiazole rings is 1. The molecule has 23 heavy (non-hydrogen) atoms. The lowest BCUT2D eigenvalue weighted by Crippen LogP contribution is -2.51. The Labute approximate surface area is 142 Å². The number of rotatable bonds is 2. The van der Waals surface area contributed by atoms with Crippen LogP contribution in [0.1, 0.15) is 33.6 Å². The van der Waals surface area contributed by atoms with Gasteiger partial charge in [0.15, 0.2) is 5.13 Å². The smallest absolute Gasteiger partial charge is 0.227 e. The van der Waals surface area contributed by atoms with Crippen LogP contribution in [0.4, 0.5) is 5.13 Å². The molecule has 5 heteroatoms. The fraction of sp³-hybridized carbons (Fsp3) is 0.556. The second kappa shape index (κ2) is 6.11. The zero-order valence-corrected chi connectivity index (χ0v) is 15.2. The van der Waals surface area contributed by atoms with Crippen LogP contribution in [0.5, 0.6) is 0 Å². The number of para-hydroxylation sites is 1. The van der Waals surface area contributed by atoms with E-state index in [-0.39, 0.29) is 17.4 Å². The maximum Gasteiger partial charge on any atom is 0.227 e. The number of hydrogen-bond acceptors (Lipinski definition) is 4. The Bertz CT molecular complexity index is 671. The van der Waals surface area contributed by atoms with Crippen molar-refractivity contribution in [2.75, 3.05) is 25.0 Å². The molecule has 1 amide bonds. The summed E-state index contributed by atoms with van der Waals surface area (Å²) in [4.78, 5) is 21.6. The van der Waals surface area contributed by atoms with Gasteiger partial charge in [0.2, 0.25) is 5.91 Å². The van der Waals surface area contributed by atoms with E-state index in [9.17, 15) is 4.79 Å². The van der Waals surface area contributed by atoms with Crippen molar-refractivity contribution in [1.82, 2.24) is 9.88 Å². The zero-order chi connectivity index (χ0) is 16.6. The Kier molecular flexibility index (Phi) is 4.32. The van der Waals surface area contributed by atoms with Gasteiger partial charge in [-0.1, -0.05) is 44.2 Å². The van der Waals surface area contributed by atoms with E-state index in [0.717, 1.165) is 36.6 Å². The van der Waals surface area contributed by atoms with Gasteiger partial charge in [0.25, 0.3) is 0 Å². The first-order valence-electron chi connectivity index (χ1n) is 8.24. The largest absolute Gasteiger partial charge is 0.346 e. The Hall–Kier alpha value is -1.62. The average molecular weight is 331 g/mol. The molecular weight excluding hydrogens is 306 g/mol. The number of benzene rings is 1. The van der Waals surface area contributed by atoms with E-state index in [0.29, 0.717) is 0 Å². The van der Waals surface area contributed by atoms with Crippen molar-refractivity contribution in [3.63, 3.8) is 0 Å². The van der Waals surface area contributed by atoms with Crippen molar-refractivity contribution >= 4 is 32.6 Å². The molecule has 0 radical (unpaired) electrons. The number of hydrogen-bond donors (Lipinski definition) is 0. The molecule has 1 aromatic heterocycles. The Balaban J connectivity index is 1.76. The monoisotopic (exact) mass is 331 g/mol. The molecule has 0 spiro atoms. The second-order valence-electron chi connectivity index (χ2n) is 7.37. The minimum absolute atomic E-state index is 0.216. The molecule has 1 fully saturated rings. The number of nitrogens with zero attached hydrogens (tertiary/aromatic N) is 3. The van der Waals surface area contributed by atoms with Gasteiger partial charge in [0, 0.05) is 31.6 Å². The molecule has 2 heterocycles. The summed E-state index contributed by atoms with van der Waals surface area (Å²) < 4.78 is 1.23. The average Bonchev–Trinajstić information content (AvgIpc) is 2.97. The van der Waals surface area contributed by atoms with Crippen LogP contribution >= 0.6 is 11.3 Å². The predicted molar refractivity (Wildman–Crippen MR) is 97.1 cm³/mol. The van der Waals surface area contributed by atoms with Gasteiger partial charge in [-0.05, 0) is 25.0 Å². The van der Waals surface area contributed by atoms with E-state index in [4.69, 9.17) is 4.98 Å². The molecule has 1 unspecified atom stereocenters. The fourth-order valence-corrected chi connectivity index (χ4v) is 4.14. The number of fused-ring (bicyclic) bond motifs is 1. The van der Waals surface area contributed by atoms with Crippen molar-refractivity contribution < 1.29 is 4.79 Å². The summed E-state index contributed by atoms with van der Waals surface area (Å²) in [6.45, 7) is 7.85. The van der Waals surface area contributed by atoms with Crippen LogP contribution in [0, 0.1) is 5.41 Å². The van der Waals surface area contributed by atoms with Crippen LogP contribution in [-0.4, -0.2) is 42.0 Å². The highest BCUT2D eigenvalue weighted by Crippen LogP contribution is 2.31. The number of amides is 1. The van der Waals surface area contributed by atoms with Gasteiger partial charge in [-0.2, -0.15) is 0 Å². The van der Waals surface area contributed by atoms with Gasteiger partial charge in [0.05, 0.1) is 10.2 Å². The third-order valence-electron chi connectivity index (χ3n) is 4.46. The first kappa shape index (κ1) is 16.2. The third-order valence-corrected chi connectivity index (χ3v) is 5.56. The van der Waals surface area contributed by atoms with Crippen LogP contribution < -0.4 is 4.90 Å². The molecule has 4 nitrogen and oxygen atoms in total. The number of aromatic nitrogens is 1. The molecule has 1 aliphatic heterocycles. The predicted octanol–water partition coefficient (Wildman–Crippen LogP) is 3.77. The summed E-state index contributed by atoms with van der Waals surface area (Å²) in [5, 5.41) is 1.08. The molecule has 124 valence electrons. The minimum Gasteiger partial charge on any atom is -0.346 e. The highest BCUT2D eigenvalue weighted by molar-refractivity contribution is 7.22. The molecule has 1 aliphatic rings. The summed E-state index contributed by atoms with van der Waals surface area (Å²) in [5.41, 5.74) is 0.737. The van der Waals surface area contributed by atoms with Gasteiger partial charge >= 0.3 is 0 Å². The number of likely N-dealkylation sites (N-methyl/N-ethyl adjacent to an activating group) is 1. The quantitative estimate of drug-likeness (QED) is 0.840. The lowest BCUT2D eigenvalue weighted by molar-refractivity contribution is -0.140. The van der Waals surface area contributed by atoms with Crippen molar-refractivity contribution in [3.8, 4) is 0 Å². The SMILES string of the molecule is CN(C(=O)C(C)(C)C)C1CCCN(c2nc3ccccc3s2)C1. The van der Waals surface area contributed by atoms with E-state index in [1.165, 1.54) is 4.70 Å². The van der Waals surface area contributed by atoms with Crippen molar-refractivity contribution in [3.05, 3.63) is 24.3 Å². The lowest BCUT2D eigenvalue weighted by atomic mass is 9.93. The van der Waals surface area contributed by atoms with Crippen molar-refractivity contribution in [2.24, 2.45) is 5.41 Å². The van der Waals surface area contributed by atoms with Crippen LogP contribution in [-0.2, 0) is 4.79 Å². The normalized spacial score (nSPS) is 19.1.